The lowest BCUT2D eigenvalue weighted by molar-refractivity contribution is -0.105. The van der Waals surface area contributed by atoms with E-state index in [1.807, 2.05) is 0 Å². The Hall–Kier alpha value is -1.59. The zero-order chi connectivity index (χ0) is 10.6. The van der Waals surface area contributed by atoms with Crippen molar-refractivity contribution in [2.24, 2.45) is 0 Å². The van der Waals surface area contributed by atoms with Gasteiger partial charge in [-0.05, 0) is 12.1 Å². The summed E-state index contributed by atoms with van der Waals surface area (Å²) in [4.78, 5) is 10.2. The average molecular weight is 197 g/mol. The molecule has 1 aromatic carbocycles. The highest BCUT2D eigenvalue weighted by atomic mass is 16.3. The van der Waals surface area contributed by atoms with Crippen LogP contribution in [0.15, 0.2) is 12.1 Å². The second-order valence-corrected chi connectivity index (χ2v) is 2.72. The SMILES string of the molecule is O=CNc1cc(CO)c(O)c(CO)c1. The van der Waals surface area contributed by atoms with Gasteiger partial charge in [0.2, 0.25) is 6.41 Å². The molecule has 0 atom stereocenters. The summed E-state index contributed by atoms with van der Waals surface area (Å²) in [6.45, 7) is -0.708. The number of aliphatic hydroxyl groups excluding tert-OH is 2. The number of hydrogen-bond acceptors (Lipinski definition) is 4. The van der Waals surface area contributed by atoms with Crippen LogP contribution >= 0.6 is 0 Å². The fourth-order valence-corrected chi connectivity index (χ4v) is 1.15. The van der Waals surface area contributed by atoms with E-state index in [0.29, 0.717) is 12.1 Å². The zero-order valence-electron chi connectivity index (χ0n) is 7.40. The molecule has 0 heterocycles. The van der Waals surface area contributed by atoms with Crippen molar-refractivity contribution in [2.45, 2.75) is 13.2 Å². The Balaban J connectivity index is 3.17. The second-order valence-electron chi connectivity index (χ2n) is 2.72. The van der Waals surface area contributed by atoms with Gasteiger partial charge < -0.3 is 20.6 Å². The number of hydrogen-bond donors (Lipinski definition) is 4. The van der Waals surface area contributed by atoms with Crippen LogP contribution in [0.4, 0.5) is 5.69 Å². The van der Waals surface area contributed by atoms with E-state index in [0.717, 1.165) is 0 Å². The van der Waals surface area contributed by atoms with Crippen molar-refractivity contribution in [1.82, 2.24) is 0 Å². The molecule has 0 unspecified atom stereocenters. The Morgan fingerprint density at radius 1 is 1.21 bits per heavy atom. The summed E-state index contributed by atoms with van der Waals surface area (Å²) in [5.74, 6) is -0.147. The first-order valence-electron chi connectivity index (χ1n) is 3.99. The molecular formula is C9H11NO4. The molecule has 0 aliphatic heterocycles. The molecule has 4 N–H and O–H groups in total. The maximum absolute atomic E-state index is 10.2. The Kier molecular flexibility index (Phi) is 3.44. The van der Waals surface area contributed by atoms with E-state index in [2.05, 4.69) is 5.32 Å². The smallest absolute Gasteiger partial charge is 0.211 e. The van der Waals surface area contributed by atoms with Crippen LogP contribution in [0, 0.1) is 0 Å². The third-order valence-electron chi connectivity index (χ3n) is 1.83. The van der Waals surface area contributed by atoms with Crippen LogP contribution in [0.2, 0.25) is 0 Å². The molecular weight excluding hydrogens is 186 g/mol. The standard InChI is InChI=1S/C9H11NO4/c11-3-6-1-8(10-5-13)2-7(4-12)9(6)14/h1-2,5,11-12,14H,3-4H2,(H,10,13). The van der Waals surface area contributed by atoms with Gasteiger partial charge in [0.15, 0.2) is 0 Å². The van der Waals surface area contributed by atoms with Crippen LogP contribution in [-0.2, 0) is 18.0 Å². The summed E-state index contributed by atoms with van der Waals surface area (Å²) in [5.41, 5.74) is 0.952. The maximum atomic E-state index is 10.2. The predicted molar refractivity (Wildman–Crippen MR) is 49.6 cm³/mol. The molecule has 0 fully saturated rings. The van der Waals surface area contributed by atoms with Gasteiger partial charge in [0, 0.05) is 16.8 Å². The van der Waals surface area contributed by atoms with Gasteiger partial charge in [0.1, 0.15) is 5.75 Å². The molecule has 5 nitrogen and oxygen atoms in total. The van der Waals surface area contributed by atoms with E-state index >= 15 is 0 Å². The number of phenols is 1. The number of anilines is 1. The Bertz CT molecular complexity index is 313. The van der Waals surface area contributed by atoms with E-state index in [-0.39, 0.29) is 30.1 Å². The molecule has 0 aliphatic rings. The van der Waals surface area contributed by atoms with Crippen LogP contribution in [0.1, 0.15) is 11.1 Å². The van der Waals surface area contributed by atoms with Gasteiger partial charge in [-0.25, -0.2) is 0 Å². The molecule has 1 aromatic rings. The van der Waals surface area contributed by atoms with E-state index in [9.17, 15) is 9.90 Å². The fraction of sp³-hybridized carbons (Fsp3) is 0.222. The Labute approximate surface area is 80.6 Å². The number of rotatable bonds is 4. The Morgan fingerprint density at radius 3 is 2.07 bits per heavy atom. The van der Waals surface area contributed by atoms with Gasteiger partial charge in [-0.3, -0.25) is 4.79 Å². The van der Waals surface area contributed by atoms with Crippen molar-refractivity contribution < 1.29 is 20.1 Å². The number of benzene rings is 1. The normalized spacial score (nSPS) is 9.86. The van der Waals surface area contributed by atoms with Gasteiger partial charge >= 0.3 is 0 Å². The number of carbonyl (C=O) groups excluding carboxylic acids is 1. The van der Waals surface area contributed by atoms with Crippen LogP contribution in [0.3, 0.4) is 0 Å². The second kappa shape index (κ2) is 4.59. The highest BCUT2D eigenvalue weighted by Gasteiger charge is 2.08. The molecule has 14 heavy (non-hydrogen) atoms. The van der Waals surface area contributed by atoms with Crippen molar-refractivity contribution in [3.05, 3.63) is 23.3 Å². The number of amides is 1. The van der Waals surface area contributed by atoms with Crippen LogP contribution < -0.4 is 5.32 Å². The minimum atomic E-state index is -0.354. The molecule has 5 heteroatoms. The van der Waals surface area contributed by atoms with Gasteiger partial charge in [-0.1, -0.05) is 0 Å². The van der Waals surface area contributed by atoms with Gasteiger partial charge in [-0.2, -0.15) is 0 Å². The quantitative estimate of drug-likeness (QED) is 0.402. The molecule has 0 spiro atoms. The molecule has 76 valence electrons. The number of carbonyl (C=O) groups is 1. The third-order valence-corrected chi connectivity index (χ3v) is 1.83. The molecule has 0 saturated carbocycles. The highest BCUT2D eigenvalue weighted by molar-refractivity contribution is 5.72. The highest BCUT2D eigenvalue weighted by Crippen LogP contribution is 2.26. The monoisotopic (exact) mass is 197 g/mol. The summed E-state index contributed by atoms with van der Waals surface area (Å²) in [5, 5.41) is 29.6. The van der Waals surface area contributed by atoms with Crippen molar-refractivity contribution in [1.29, 1.82) is 0 Å². The number of aromatic hydroxyl groups is 1. The lowest BCUT2D eigenvalue weighted by Crippen LogP contribution is -1.98. The Morgan fingerprint density at radius 2 is 1.71 bits per heavy atom. The van der Waals surface area contributed by atoms with Crippen molar-refractivity contribution in [3.8, 4) is 5.75 Å². The molecule has 1 amide bonds. The van der Waals surface area contributed by atoms with E-state index < -0.39 is 0 Å². The summed E-state index contributed by atoms with van der Waals surface area (Å²) in [7, 11) is 0. The van der Waals surface area contributed by atoms with Crippen LogP contribution in [-0.4, -0.2) is 21.7 Å². The van der Waals surface area contributed by atoms with Crippen LogP contribution in [0.25, 0.3) is 0 Å². The number of nitrogens with one attached hydrogen (secondary N) is 1. The summed E-state index contributed by atoms with van der Waals surface area (Å²) >= 11 is 0. The minimum absolute atomic E-state index is 0.147. The van der Waals surface area contributed by atoms with Crippen molar-refractivity contribution >= 4 is 12.1 Å². The fourth-order valence-electron chi connectivity index (χ4n) is 1.15. The predicted octanol–water partition coefficient (Wildman–Crippen LogP) is -0.0549. The summed E-state index contributed by atoms with van der Waals surface area (Å²) in [6, 6.07) is 2.87. The van der Waals surface area contributed by atoms with Gasteiger partial charge in [0.05, 0.1) is 13.2 Å². The first-order valence-corrected chi connectivity index (χ1v) is 3.99. The van der Waals surface area contributed by atoms with E-state index in [1.54, 1.807) is 0 Å². The van der Waals surface area contributed by atoms with Gasteiger partial charge in [0.25, 0.3) is 0 Å². The molecule has 0 aliphatic carbocycles. The zero-order valence-corrected chi connectivity index (χ0v) is 7.40. The number of aliphatic hydroxyl groups is 2. The first-order chi connectivity index (χ1) is 6.72. The first kappa shape index (κ1) is 10.5. The molecule has 1 rings (SSSR count). The third kappa shape index (κ3) is 2.01. The largest absolute Gasteiger partial charge is 0.507 e. The van der Waals surface area contributed by atoms with Crippen LogP contribution in [0.5, 0.6) is 5.75 Å². The summed E-state index contributed by atoms with van der Waals surface area (Å²) < 4.78 is 0. The van der Waals surface area contributed by atoms with E-state index in [1.165, 1.54) is 12.1 Å². The minimum Gasteiger partial charge on any atom is -0.507 e. The lowest BCUT2D eigenvalue weighted by atomic mass is 10.1. The maximum Gasteiger partial charge on any atom is 0.211 e. The topological polar surface area (TPSA) is 89.8 Å². The lowest BCUT2D eigenvalue weighted by Gasteiger charge is -2.09. The van der Waals surface area contributed by atoms with E-state index in [4.69, 9.17) is 10.2 Å². The molecule has 0 aromatic heterocycles. The van der Waals surface area contributed by atoms with Crippen molar-refractivity contribution in [3.63, 3.8) is 0 Å². The van der Waals surface area contributed by atoms with Gasteiger partial charge in [-0.15, -0.1) is 0 Å². The molecule has 0 bridgehead atoms. The van der Waals surface area contributed by atoms with Crippen molar-refractivity contribution in [2.75, 3.05) is 5.32 Å². The average Bonchev–Trinajstić information content (AvgIpc) is 2.20. The molecule has 0 saturated heterocycles. The molecule has 0 radical (unpaired) electrons. The summed E-state index contributed by atoms with van der Waals surface area (Å²) in [6.07, 6.45) is 0.481.